The van der Waals surface area contributed by atoms with Crippen LogP contribution in [-0.2, 0) is 10.8 Å². The molecule has 2 nitrogen and oxygen atoms in total. The number of para-hydroxylation sites is 1. The van der Waals surface area contributed by atoms with Crippen molar-refractivity contribution in [2.75, 3.05) is 4.90 Å². The summed E-state index contributed by atoms with van der Waals surface area (Å²) < 4.78 is 6.24. The summed E-state index contributed by atoms with van der Waals surface area (Å²) >= 11 is 0. The first-order chi connectivity index (χ1) is 34.7. The van der Waals surface area contributed by atoms with Gasteiger partial charge in [-0.05, 0) is 132 Å². The SMILES string of the molecule is c1ccc(C2(c3ccccc3)c3ccccc3-c3c(N(c4ccc(-c5ccc6oc7ccccc7c6c5)cc4)c4ccc5c(c4)C4(c6ccccc6-c6ccccc64)c4ccccc4-5)cccc32)cc1. The van der Waals surface area contributed by atoms with Gasteiger partial charge in [-0.25, -0.2) is 0 Å². The van der Waals surface area contributed by atoms with Crippen LogP contribution in [0.2, 0.25) is 0 Å². The topological polar surface area (TPSA) is 16.4 Å². The van der Waals surface area contributed by atoms with Crippen molar-refractivity contribution in [3.63, 3.8) is 0 Å². The Hall–Kier alpha value is -8.98. The van der Waals surface area contributed by atoms with Gasteiger partial charge in [-0.15, -0.1) is 0 Å². The molecule has 12 aromatic rings. The Morgan fingerprint density at radius 1 is 0.286 bits per heavy atom. The fourth-order valence-corrected chi connectivity index (χ4v) is 13.0. The van der Waals surface area contributed by atoms with Gasteiger partial charge in [0.25, 0.3) is 0 Å². The number of anilines is 3. The fraction of sp³-hybridized carbons (Fsp3) is 0.0294. The highest BCUT2D eigenvalue weighted by Crippen LogP contribution is 2.64. The molecule has 0 aliphatic heterocycles. The molecule has 0 amide bonds. The van der Waals surface area contributed by atoms with Crippen molar-refractivity contribution in [2.45, 2.75) is 10.8 Å². The summed E-state index contributed by atoms with van der Waals surface area (Å²) in [4.78, 5) is 2.53. The average molecular weight is 890 g/mol. The number of nitrogens with zero attached hydrogens (tertiary/aromatic N) is 1. The van der Waals surface area contributed by atoms with Crippen LogP contribution in [0.15, 0.2) is 265 Å². The van der Waals surface area contributed by atoms with E-state index in [1.807, 2.05) is 12.1 Å². The van der Waals surface area contributed by atoms with E-state index in [4.69, 9.17) is 4.42 Å². The van der Waals surface area contributed by atoms with Crippen molar-refractivity contribution >= 4 is 39.0 Å². The lowest BCUT2D eigenvalue weighted by Crippen LogP contribution is -2.28. The Morgan fingerprint density at radius 2 is 0.771 bits per heavy atom. The van der Waals surface area contributed by atoms with Crippen LogP contribution in [0, 0.1) is 0 Å². The molecule has 1 aromatic heterocycles. The monoisotopic (exact) mass is 889 g/mol. The van der Waals surface area contributed by atoms with E-state index in [0.717, 1.165) is 50.1 Å². The number of benzene rings is 11. The van der Waals surface area contributed by atoms with Crippen LogP contribution >= 0.6 is 0 Å². The van der Waals surface area contributed by atoms with E-state index in [-0.39, 0.29) is 0 Å². The van der Waals surface area contributed by atoms with Crippen molar-refractivity contribution in [3.8, 4) is 44.5 Å². The molecular weight excluding hydrogens is 847 g/mol. The molecule has 15 rings (SSSR count). The quantitative estimate of drug-likeness (QED) is 0.165. The molecule has 1 spiro atoms. The second-order valence-electron chi connectivity index (χ2n) is 19.0. The molecule has 326 valence electrons. The Kier molecular flexibility index (Phi) is 8.24. The number of rotatable bonds is 6. The van der Waals surface area contributed by atoms with Crippen LogP contribution in [-0.4, -0.2) is 0 Å². The number of furan rings is 1. The molecule has 0 fully saturated rings. The van der Waals surface area contributed by atoms with Crippen LogP contribution < -0.4 is 4.90 Å². The van der Waals surface area contributed by atoms with Gasteiger partial charge in [0.1, 0.15) is 11.2 Å². The smallest absolute Gasteiger partial charge is 0.135 e. The van der Waals surface area contributed by atoms with Gasteiger partial charge in [-0.1, -0.05) is 212 Å². The molecule has 3 aliphatic rings. The standard InChI is InChI=1S/C68H43NO/c1-3-18-46(19-4-1)67(47-20-5-2-6-21-47)60-30-15-10-26-55(60)66-61(67)31-17-32-63(66)69(48-37-34-44(35-38-48)45-36-41-65-56(42-45)54-25-11-16-33-64(54)70-65)49-39-40-53-52-24-9-14-29-59(52)68(62(53)43-49)57-27-12-7-22-50(57)51-23-8-13-28-58(51)68/h1-43H. The maximum Gasteiger partial charge on any atom is 0.135 e. The van der Waals surface area contributed by atoms with Crippen LogP contribution in [0.5, 0.6) is 0 Å². The molecule has 70 heavy (non-hydrogen) atoms. The molecule has 0 atom stereocenters. The summed E-state index contributed by atoms with van der Waals surface area (Å²) in [5.74, 6) is 0. The van der Waals surface area contributed by atoms with E-state index < -0.39 is 10.8 Å². The Bertz CT molecular complexity index is 3970. The fourth-order valence-electron chi connectivity index (χ4n) is 13.0. The lowest BCUT2D eigenvalue weighted by Gasteiger charge is -2.35. The summed E-state index contributed by atoms with van der Waals surface area (Å²) in [6, 6.07) is 96.9. The van der Waals surface area contributed by atoms with Crippen molar-refractivity contribution in [3.05, 3.63) is 305 Å². The molecule has 1 heterocycles. The van der Waals surface area contributed by atoms with E-state index in [1.54, 1.807) is 0 Å². The molecule has 0 N–H and O–H groups in total. The van der Waals surface area contributed by atoms with Gasteiger partial charge in [-0.2, -0.15) is 0 Å². The number of fused-ring (bicyclic) bond motifs is 16. The van der Waals surface area contributed by atoms with Gasteiger partial charge in [0.15, 0.2) is 0 Å². The van der Waals surface area contributed by atoms with E-state index in [1.165, 1.54) is 77.9 Å². The third-order valence-corrected chi connectivity index (χ3v) is 15.8. The lowest BCUT2D eigenvalue weighted by atomic mass is 9.68. The number of hydrogen-bond acceptors (Lipinski definition) is 2. The zero-order chi connectivity index (χ0) is 46.0. The van der Waals surface area contributed by atoms with Crippen molar-refractivity contribution in [2.24, 2.45) is 0 Å². The maximum absolute atomic E-state index is 6.24. The predicted molar refractivity (Wildman–Crippen MR) is 287 cm³/mol. The van der Waals surface area contributed by atoms with E-state index >= 15 is 0 Å². The molecule has 0 bridgehead atoms. The van der Waals surface area contributed by atoms with Crippen LogP contribution in [0.3, 0.4) is 0 Å². The van der Waals surface area contributed by atoms with E-state index in [2.05, 4.69) is 254 Å². The summed E-state index contributed by atoms with van der Waals surface area (Å²) in [6.45, 7) is 0. The molecule has 0 unspecified atom stereocenters. The van der Waals surface area contributed by atoms with Crippen molar-refractivity contribution < 1.29 is 4.42 Å². The zero-order valence-electron chi connectivity index (χ0n) is 38.2. The van der Waals surface area contributed by atoms with Crippen LogP contribution in [0.25, 0.3) is 66.4 Å². The van der Waals surface area contributed by atoms with Gasteiger partial charge in [0.05, 0.1) is 16.5 Å². The zero-order valence-corrected chi connectivity index (χ0v) is 38.2. The lowest BCUT2D eigenvalue weighted by molar-refractivity contribution is 0.669. The minimum Gasteiger partial charge on any atom is -0.456 e. The molecule has 11 aromatic carbocycles. The third kappa shape index (κ3) is 5.17. The maximum atomic E-state index is 6.24. The minimum atomic E-state index is -0.545. The van der Waals surface area contributed by atoms with Crippen LogP contribution in [0.4, 0.5) is 17.1 Å². The molecule has 3 aliphatic carbocycles. The second-order valence-corrected chi connectivity index (χ2v) is 19.0. The predicted octanol–water partition coefficient (Wildman–Crippen LogP) is 17.4. The van der Waals surface area contributed by atoms with Gasteiger partial charge >= 0.3 is 0 Å². The molecular formula is C68H43NO. The summed E-state index contributed by atoms with van der Waals surface area (Å²) in [5.41, 5.74) is 24.4. The second kappa shape index (κ2) is 14.8. The number of hydrogen-bond donors (Lipinski definition) is 0. The highest BCUT2D eigenvalue weighted by atomic mass is 16.3. The Balaban J connectivity index is 0.993. The summed E-state index contributed by atoms with van der Waals surface area (Å²) in [6.07, 6.45) is 0. The Labute approximate surface area is 407 Å². The minimum absolute atomic E-state index is 0.485. The molecule has 0 saturated heterocycles. The largest absolute Gasteiger partial charge is 0.456 e. The van der Waals surface area contributed by atoms with Gasteiger partial charge in [0, 0.05) is 27.7 Å². The first-order valence-corrected chi connectivity index (χ1v) is 24.3. The van der Waals surface area contributed by atoms with Gasteiger partial charge < -0.3 is 9.32 Å². The first kappa shape index (κ1) is 39.1. The highest BCUT2D eigenvalue weighted by Gasteiger charge is 2.52. The third-order valence-electron chi connectivity index (χ3n) is 15.8. The summed E-state index contributed by atoms with van der Waals surface area (Å²) in [7, 11) is 0. The molecule has 2 heteroatoms. The summed E-state index contributed by atoms with van der Waals surface area (Å²) in [5, 5.41) is 2.26. The Morgan fingerprint density at radius 3 is 1.41 bits per heavy atom. The first-order valence-electron chi connectivity index (χ1n) is 24.3. The average Bonchev–Trinajstić information content (AvgIpc) is 4.15. The van der Waals surface area contributed by atoms with Gasteiger partial charge in [-0.3, -0.25) is 0 Å². The van der Waals surface area contributed by atoms with E-state index in [0.29, 0.717) is 0 Å². The van der Waals surface area contributed by atoms with Crippen molar-refractivity contribution in [1.82, 2.24) is 0 Å². The van der Waals surface area contributed by atoms with Gasteiger partial charge in [0.2, 0.25) is 0 Å². The molecule has 0 radical (unpaired) electrons. The van der Waals surface area contributed by atoms with Crippen molar-refractivity contribution in [1.29, 1.82) is 0 Å². The van der Waals surface area contributed by atoms with E-state index in [9.17, 15) is 0 Å². The highest BCUT2D eigenvalue weighted by molar-refractivity contribution is 6.06. The molecule has 0 saturated carbocycles. The van der Waals surface area contributed by atoms with Crippen LogP contribution in [0.1, 0.15) is 44.5 Å². The normalized spacial score (nSPS) is 13.9.